The van der Waals surface area contributed by atoms with E-state index in [-0.39, 0.29) is 23.9 Å². The number of nitrogens with one attached hydrogen (secondary N) is 1. The molecule has 0 saturated carbocycles. The highest BCUT2D eigenvalue weighted by Crippen LogP contribution is 2.39. The molecule has 1 aliphatic carbocycles. The van der Waals surface area contributed by atoms with Gasteiger partial charge >= 0.3 is 0 Å². The van der Waals surface area contributed by atoms with Crippen LogP contribution in [-0.4, -0.2) is 49.6 Å². The third-order valence-electron chi connectivity index (χ3n) is 4.80. The molecule has 1 aliphatic rings. The Kier molecular flexibility index (Phi) is 6.67. The lowest BCUT2D eigenvalue weighted by Gasteiger charge is -2.32. The molecule has 5 nitrogen and oxygen atoms in total. The topological polar surface area (TPSA) is 66.5 Å². The van der Waals surface area contributed by atoms with E-state index in [2.05, 4.69) is 5.32 Å². The van der Waals surface area contributed by atoms with E-state index in [9.17, 15) is 14.4 Å². The van der Waals surface area contributed by atoms with Crippen molar-refractivity contribution in [3.63, 3.8) is 0 Å². The number of ketones is 2. The van der Waals surface area contributed by atoms with E-state index in [0.717, 1.165) is 13.0 Å². The summed E-state index contributed by atoms with van der Waals surface area (Å²) in [6.45, 7) is 10.3. The number of allylic oxidation sites excluding steroid dienone is 4. The molecular formula is C19H30N2O3. The van der Waals surface area contributed by atoms with Crippen molar-refractivity contribution in [2.45, 2.75) is 47.5 Å². The minimum absolute atomic E-state index is 0.0134. The number of Topliss-reactive ketones (excluding diaryl/α,β-unsaturated/α-hetero) is 2. The molecule has 0 aliphatic heterocycles. The van der Waals surface area contributed by atoms with E-state index in [4.69, 9.17) is 0 Å². The summed E-state index contributed by atoms with van der Waals surface area (Å²) in [6, 6.07) is 0. The molecule has 0 heterocycles. The summed E-state index contributed by atoms with van der Waals surface area (Å²) in [5, 5.41) is 3.05. The van der Waals surface area contributed by atoms with Crippen LogP contribution in [0.1, 0.15) is 47.5 Å². The summed E-state index contributed by atoms with van der Waals surface area (Å²) < 4.78 is 0. The highest BCUT2D eigenvalue weighted by atomic mass is 16.2. The van der Waals surface area contributed by atoms with Gasteiger partial charge in [0.1, 0.15) is 0 Å². The van der Waals surface area contributed by atoms with Crippen molar-refractivity contribution in [1.29, 1.82) is 0 Å². The zero-order chi connectivity index (χ0) is 18.7. The monoisotopic (exact) mass is 334 g/mol. The number of rotatable bonds is 7. The molecular weight excluding hydrogens is 304 g/mol. The molecule has 0 fully saturated rings. The lowest BCUT2D eigenvalue weighted by atomic mass is 9.71. The Morgan fingerprint density at radius 3 is 2.12 bits per heavy atom. The van der Waals surface area contributed by atoms with Gasteiger partial charge in [-0.2, -0.15) is 0 Å². The first-order valence-corrected chi connectivity index (χ1v) is 8.41. The third-order valence-corrected chi connectivity index (χ3v) is 4.80. The van der Waals surface area contributed by atoms with Gasteiger partial charge in [0.2, 0.25) is 5.91 Å². The van der Waals surface area contributed by atoms with Gasteiger partial charge in [0.25, 0.3) is 0 Å². The van der Waals surface area contributed by atoms with Gasteiger partial charge in [-0.1, -0.05) is 13.8 Å². The van der Waals surface area contributed by atoms with E-state index < -0.39 is 5.41 Å². The summed E-state index contributed by atoms with van der Waals surface area (Å²) >= 11 is 0. The van der Waals surface area contributed by atoms with Crippen LogP contribution in [0.25, 0.3) is 0 Å². The van der Waals surface area contributed by atoms with E-state index in [1.54, 1.807) is 32.7 Å². The van der Waals surface area contributed by atoms with Gasteiger partial charge < -0.3 is 10.2 Å². The number of carbonyl (C=O) groups is 3. The van der Waals surface area contributed by atoms with Crippen molar-refractivity contribution < 1.29 is 14.4 Å². The number of nitrogens with zero attached hydrogens (tertiary/aromatic N) is 1. The van der Waals surface area contributed by atoms with E-state index in [0.29, 0.717) is 28.8 Å². The average molecular weight is 334 g/mol. The maximum atomic E-state index is 12.7. The van der Waals surface area contributed by atoms with Crippen LogP contribution < -0.4 is 5.32 Å². The first-order valence-electron chi connectivity index (χ1n) is 8.41. The summed E-state index contributed by atoms with van der Waals surface area (Å²) in [5.74, 6) is -0.217. The van der Waals surface area contributed by atoms with Crippen LogP contribution >= 0.6 is 0 Å². The SMILES string of the molecule is CNCCCN(C)C(=O)CC(C)(C)C1=C(C)C(=O)C(C)=C(C)C1=O. The van der Waals surface area contributed by atoms with Gasteiger partial charge in [-0.25, -0.2) is 0 Å². The number of hydrogen-bond acceptors (Lipinski definition) is 4. The Hall–Kier alpha value is -1.75. The van der Waals surface area contributed by atoms with Crippen molar-refractivity contribution in [2.24, 2.45) is 5.41 Å². The van der Waals surface area contributed by atoms with Crippen molar-refractivity contribution in [1.82, 2.24) is 10.2 Å². The summed E-state index contributed by atoms with van der Waals surface area (Å²) in [6.07, 6.45) is 1.08. The summed E-state index contributed by atoms with van der Waals surface area (Å²) in [7, 11) is 3.65. The lowest BCUT2D eigenvalue weighted by molar-refractivity contribution is -0.131. The highest BCUT2D eigenvalue weighted by Gasteiger charge is 2.38. The van der Waals surface area contributed by atoms with E-state index in [1.165, 1.54) is 0 Å². The predicted molar refractivity (Wildman–Crippen MR) is 95.7 cm³/mol. The number of amides is 1. The summed E-state index contributed by atoms with van der Waals surface area (Å²) in [4.78, 5) is 39.3. The fraction of sp³-hybridized carbons (Fsp3) is 0.632. The molecule has 0 saturated heterocycles. The van der Waals surface area contributed by atoms with Crippen LogP contribution in [0, 0.1) is 5.41 Å². The Balaban J connectivity index is 2.97. The van der Waals surface area contributed by atoms with Crippen molar-refractivity contribution >= 4 is 17.5 Å². The molecule has 0 unspecified atom stereocenters. The van der Waals surface area contributed by atoms with Gasteiger partial charge in [0.05, 0.1) is 0 Å². The van der Waals surface area contributed by atoms with Gasteiger partial charge in [-0.05, 0) is 40.8 Å². The molecule has 0 aromatic carbocycles. The molecule has 134 valence electrons. The lowest BCUT2D eigenvalue weighted by Crippen LogP contribution is -2.36. The number of hydrogen-bond donors (Lipinski definition) is 1. The molecule has 0 spiro atoms. The standard InChI is InChI=1S/C19H30N2O3/c1-12-13(2)18(24)16(14(3)17(12)23)19(4,5)11-15(22)21(7)10-8-9-20-6/h20H,8-11H2,1-7H3. The number of carbonyl (C=O) groups excluding carboxylic acids is 3. The van der Waals surface area contributed by atoms with Crippen LogP contribution in [0.15, 0.2) is 22.3 Å². The van der Waals surface area contributed by atoms with Crippen LogP contribution in [-0.2, 0) is 14.4 Å². The molecule has 1 rings (SSSR count). The molecule has 5 heteroatoms. The average Bonchev–Trinajstić information content (AvgIpc) is 2.50. The Morgan fingerprint density at radius 1 is 1.04 bits per heavy atom. The van der Waals surface area contributed by atoms with Crippen molar-refractivity contribution in [3.05, 3.63) is 22.3 Å². The molecule has 0 aromatic rings. The Bertz CT molecular complexity index is 612. The zero-order valence-corrected chi connectivity index (χ0v) is 16.0. The molecule has 0 atom stereocenters. The van der Waals surface area contributed by atoms with Gasteiger partial charge in [-0.15, -0.1) is 0 Å². The van der Waals surface area contributed by atoms with Crippen LogP contribution in [0.4, 0.5) is 0 Å². The van der Waals surface area contributed by atoms with Crippen LogP contribution in [0.2, 0.25) is 0 Å². The smallest absolute Gasteiger partial charge is 0.223 e. The Morgan fingerprint density at radius 2 is 1.58 bits per heavy atom. The normalized spacial score (nSPS) is 16.1. The van der Waals surface area contributed by atoms with Crippen LogP contribution in [0.5, 0.6) is 0 Å². The maximum absolute atomic E-state index is 12.7. The molecule has 0 radical (unpaired) electrons. The molecule has 1 amide bonds. The van der Waals surface area contributed by atoms with Gasteiger partial charge in [0.15, 0.2) is 11.6 Å². The third kappa shape index (κ3) is 4.20. The van der Waals surface area contributed by atoms with Crippen molar-refractivity contribution in [2.75, 3.05) is 27.2 Å². The molecule has 24 heavy (non-hydrogen) atoms. The molecule has 0 bridgehead atoms. The minimum atomic E-state index is -0.673. The quantitative estimate of drug-likeness (QED) is 0.573. The summed E-state index contributed by atoms with van der Waals surface area (Å²) in [5.41, 5.74) is 1.27. The first-order chi connectivity index (χ1) is 11.0. The van der Waals surface area contributed by atoms with E-state index >= 15 is 0 Å². The first kappa shape index (κ1) is 20.3. The minimum Gasteiger partial charge on any atom is -0.346 e. The van der Waals surface area contributed by atoms with Gasteiger partial charge in [-0.3, -0.25) is 14.4 Å². The second-order valence-corrected chi connectivity index (χ2v) is 7.24. The van der Waals surface area contributed by atoms with Gasteiger partial charge in [0, 0.05) is 47.7 Å². The zero-order valence-electron chi connectivity index (χ0n) is 16.0. The second kappa shape index (κ2) is 7.88. The van der Waals surface area contributed by atoms with Crippen LogP contribution in [0.3, 0.4) is 0 Å². The molecule has 0 aromatic heterocycles. The van der Waals surface area contributed by atoms with Crippen molar-refractivity contribution in [3.8, 4) is 0 Å². The van der Waals surface area contributed by atoms with E-state index in [1.807, 2.05) is 20.9 Å². The fourth-order valence-corrected chi connectivity index (χ4v) is 3.13. The molecule has 1 N–H and O–H groups in total. The fourth-order valence-electron chi connectivity index (χ4n) is 3.13. The Labute approximate surface area is 145 Å². The highest BCUT2D eigenvalue weighted by molar-refractivity contribution is 6.25. The maximum Gasteiger partial charge on any atom is 0.223 e. The largest absolute Gasteiger partial charge is 0.346 e. The predicted octanol–water partition coefficient (Wildman–Crippen LogP) is 2.28. The second-order valence-electron chi connectivity index (χ2n) is 7.24.